The molecule has 0 saturated carbocycles. The van der Waals surface area contributed by atoms with Crippen LogP contribution in [0.15, 0.2) is 28.8 Å². The third-order valence-corrected chi connectivity index (χ3v) is 2.62. The van der Waals surface area contributed by atoms with Crippen molar-refractivity contribution in [2.45, 2.75) is 12.3 Å². The van der Waals surface area contributed by atoms with E-state index in [1.807, 2.05) is 0 Å². The number of benzene rings is 1. The lowest BCUT2D eigenvalue weighted by atomic mass is 10.1. The van der Waals surface area contributed by atoms with Gasteiger partial charge in [0.1, 0.15) is 5.69 Å². The van der Waals surface area contributed by atoms with Gasteiger partial charge in [-0.15, -0.1) is 0 Å². The first-order chi connectivity index (χ1) is 9.02. The standard InChI is InChI=1S/C12H13F2N3O2/c13-12(14,6-15)7-16-11(18)5-9-8-3-1-2-4-10(8)19-17-9/h1-4H,5-7,15H2,(H,16,18). The molecule has 2 rings (SSSR count). The Balaban J connectivity index is 1.99. The van der Waals surface area contributed by atoms with Gasteiger partial charge in [0.2, 0.25) is 5.91 Å². The first kappa shape index (κ1) is 13.4. The van der Waals surface area contributed by atoms with Crippen molar-refractivity contribution >= 4 is 16.9 Å². The summed E-state index contributed by atoms with van der Waals surface area (Å²) in [7, 11) is 0. The molecule has 1 amide bonds. The van der Waals surface area contributed by atoms with E-state index < -0.39 is 24.9 Å². The first-order valence-electron chi connectivity index (χ1n) is 5.70. The number of halogens is 2. The molecular weight excluding hydrogens is 256 g/mol. The Kier molecular flexibility index (Phi) is 3.75. The van der Waals surface area contributed by atoms with E-state index in [9.17, 15) is 13.6 Å². The minimum absolute atomic E-state index is 0.113. The zero-order valence-corrected chi connectivity index (χ0v) is 10.0. The Morgan fingerprint density at radius 2 is 2.16 bits per heavy atom. The van der Waals surface area contributed by atoms with Crippen molar-refractivity contribution in [1.82, 2.24) is 10.5 Å². The number of amides is 1. The topological polar surface area (TPSA) is 81.1 Å². The highest BCUT2D eigenvalue weighted by Crippen LogP contribution is 2.18. The molecule has 102 valence electrons. The van der Waals surface area contributed by atoms with Gasteiger partial charge < -0.3 is 15.6 Å². The highest BCUT2D eigenvalue weighted by atomic mass is 19.3. The lowest BCUT2D eigenvalue weighted by Gasteiger charge is -2.14. The number of aromatic nitrogens is 1. The van der Waals surface area contributed by atoms with Crippen LogP contribution in [0, 0.1) is 0 Å². The van der Waals surface area contributed by atoms with Gasteiger partial charge in [-0.1, -0.05) is 17.3 Å². The van der Waals surface area contributed by atoms with Gasteiger partial charge in [-0.25, -0.2) is 8.78 Å². The van der Waals surface area contributed by atoms with Crippen LogP contribution in [-0.2, 0) is 11.2 Å². The maximum Gasteiger partial charge on any atom is 0.277 e. The summed E-state index contributed by atoms with van der Waals surface area (Å²) in [5.74, 6) is -3.64. The Bertz CT molecular complexity index is 583. The summed E-state index contributed by atoms with van der Waals surface area (Å²) in [5.41, 5.74) is 5.85. The summed E-state index contributed by atoms with van der Waals surface area (Å²) >= 11 is 0. The lowest BCUT2D eigenvalue weighted by Crippen LogP contribution is -2.42. The van der Waals surface area contributed by atoms with E-state index in [0.717, 1.165) is 0 Å². The second-order valence-corrected chi connectivity index (χ2v) is 4.14. The molecule has 2 aromatic rings. The highest BCUT2D eigenvalue weighted by molar-refractivity contribution is 5.86. The fourth-order valence-corrected chi connectivity index (χ4v) is 1.58. The third-order valence-electron chi connectivity index (χ3n) is 2.62. The van der Waals surface area contributed by atoms with Gasteiger partial charge in [0.05, 0.1) is 19.5 Å². The van der Waals surface area contributed by atoms with Gasteiger partial charge in [0.25, 0.3) is 5.92 Å². The van der Waals surface area contributed by atoms with Gasteiger partial charge in [-0.2, -0.15) is 0 Å². The molecule has 0 spiro atoms. The van der Waals surface area contributed by atoms with E-state index in [-0.39, 0.29) is 6.42 Å². The molecule has 3 N–H and O–H groups in total. The molecule has 5 nitrogen and oxygen atoms in total. The number of nitrogens with two attached hydrogens (primary N) is 1. The second kappa shape index (κ2) is 5.31. The molecule has 0 saturated heterocycles. The number of nitrogens with zero attached hydrogens (tertiary/aromatic N) is 1. The molecule has 19 heavy (non-hydrogen) atoms. The highest BCUT2D eigenvalue weighted by Gasteiger charge is 2.27. The van der Waals surface area contributed by atoms with E-state index in [2.05, 4.69) is 10.5 Å². The van der Waals surface area contributed by atoms with Crippen LogP contribution in [0.25, 0.3) is 11.0 Å². The molecule has 0 aliphatic rings. The van der Waals surface area contributed by atoms with Gasteiger partial charge in [0.15, 0.2) is 5.58 Å². The van der Waals surface area contributed by atoms with Crippen molar-refractivity contribution in [2.24, 2.45) is 5.73 Å². The van der Waals surface area contributed by atoms with Gasteiger partial charge in [-0.05, 0) is 12.1 Å². The van der Waals surface area contributed by atoms with E-state index >= 15 is 0 Å². The molecule has 0 unspecified atom stereocenters. The van der Waals surface area contributed by atoms with Crippen LogP contribution in [0.2, 0.25) is 0 Å². The fourth-order valence-electron chi connectivity index (χ4n) is 1.58. The molecule has 1 aromatic carbocycles. The Morgan fingerprint density at radius 3 is 2.89 bits per heavy atom. The number of alkyl halides is 2. The number of fused-ring (bicyclic) bond motifs is 1. The predicted octanol–water partition coefficient (Wildman–Crippen LogP) is 1.08. The molecule has 0 radical (unpaired) electrons. The zero-order chi connectivity index (χ0) is 13.9. The third kappa shape index (κ3) is 3.25. The summed E-state index contributed by atoms with van der Waals surface area (Å²) in [6.45, 7) is -1.59. The van der Waals surface area contributed by atoms with E-state index in [0.29, 0.717) is 16.7 Å². The summed E-state index contributed by atoms with van der Waals surface area (Å²) in [6, 6.07) is 7.03. The summed E-state index contributed by atoms with van der Waals surface area (Å²) in [4.78, 5) is 11.5. The molecular formula is C12H13F2N3O2. The Hall–Kier alpha value is -2.02. The molecule has 1 aromatic heterocycles. The van der Waals surface area contributed by atoms with Crippen molar-refractivity contribution in [1.29, 1.82) is 0 Å². The van der Waals surface area contributed by atoms with Crippen molar-refractivity contribution in [3.8, 4) is 0 Å². The van der Waals surface area contributed by atoms with E-state index in [1.165, 1.54) is 0 Å². The zero-order valence-electron chi connectivity index (χ0n) is 10.0. The van der Waals surface area contributed by atoms with Crippen molar-refractivity contribution in [2.75, 3.05) is 13.1 Å². The smallest absolute Gasteiger partial charge is 0.277 e. The van der Waals surface area contributed by atoms with E-state index in [4.69, 9.17) is 10.3 Å². The largest absolute Gasteiger partial charge is 0.356 e. The van der Waals surface area contributed by atoms with Crippen LogP contribution >= 0.6 is 0 Å². The van der Waals surface area contributed by atoms with Gasteiger partial charge >= 0.3 is 0 Å². The minimum Gasteiger partial charge on any atom is -0.356 e. The second-order valence-electron chi connectivity index (χ2n) is 4.14. The average Bonchev–Trinajstić information content (AvgIpc) is 2.80. The molecule has 1 heterocycles. The molecule has 0 aliphatic carbocycles. The lowest BCUT2D eigenvalue weighted by molar-refractivity contribution is -0.122. The van der Waals surface area contributed by atoms with E-state index in [1.54, 1.807) is 24.3 Å². The normalized spacial score (nSPS) is 11.7. The summed E-state index contributed by atoms with van der Waals surface area (Å²) in [5, 5.41) is 6.58. The number of carbonyl (C=O) groups excluding carboxylic acids is 1. The quantitative estimate of drug-likeness (QED) is 0.851. The van der Waals surface area contributed by atoms with Crippen LogP contribution in [0.5, 0.6) is 0 Å². The molecule has 0 bridgehead atoms. The number of hydrogen-bond donors (Lipinski definition) is 2. The average molecular weight is 269 g/mol. The number of hydrogen-bond acceptors (Lipinski definition) is 4. The van der Waals surface area contributed by atoms with Crippen LogP contribution in [0.4, 0.5) is 8.78 Å². The van der Waals surface area contributed by atoms with Crippen molar-refractivity contribution < 1.29 is 18.1 Å². The molecule has 0 atom stereocenters. The first-order valence-corrected chi connectivity index (χ1v) is 5.70. The Labute approximate surface area is 107 Å². The van der Waals surface area contributed by atoms with Crippen molar-refractivity contribution in [3.63, 3.8) is 0 Å². The van der Waals surface area contributed by atoms with Gasteiger partial charge in [0, 0.05) is 5.39 Å². The monoisotopic (exact) mass is 269 g/mol. The van der Waals surface area contributed by atoms with Crippen LogP contribution in [0.1, 0.15) is 5.69 Å². The minimum atomic E-state index is -3.10. The number of carbonyl (C=O) groups is 1. The number of para-hydroxylation sites is 1. The number of rotatable bonds is 5. The maximum atomic E-state index is 12.9. The summed E-state index contributed by atoms with van der Waals surface area (Å²) < 4.78 is 30.8. The van der Waals surface area contributed by atoms with Gasteiger partial charge in [-0.3, -0.25) is 4.79 Å². The fraction of sp³-hybridized carbons (Fsp3) is 0.333. The molecule has 0 fully saturated rings. The number of nitrogens with one attached hydrogen (secondary N) is 1. The van der Waals surface area contributed by atoms with Crippen LogP contribution in [0.3, 0.4) is 0 Å². The van der Waals surface area contributed by atoms with Crippen molar-refractivity contribution in [3.05, 3.63) is 30.0 Å². The maximum absolute atomic E-state index is 12.9. The molecule has 0 aliphatic heterocycles. The van der Waals surface area contributed by atoms with Crippen LogP contribution < -0.4 is 11.1 Å². The predicted molar refractivity (Wildman–Crippen MR) is 64.7 cm³/mol. The summed E-state index contributed by atoms with van der Waals surface area (Å²) in [6.07, 6.45) is -0.113. The SMILES string of the molecule is NCC(F)(F)CNC(=O)Cc1noc2ccccc12. The molecule has 7 heteroatoms. The van der Waals surface area contributed by atoms with Crippen LogP contribution in [-0.4, -0.2) is 30.1 Å². The Morgan fingerprint density at radius 1 is 1.42 bits per heavy atom.